The van der Waals surface area contributed by atoms with Gasteiger partial charge in [-0.25, -0.2) is 0 Å². The van der Waals surface area contributed by atoms with E-state index in [2.05, 4.69) is 215 Å². The van der Waals surface area contributed by atoms with Crippen molar-refractivity contribution in [2.45, 2.75) is 89.7 Å². The highest BCUT2D eigenvalue weighted by atomic mass is 79.9. The summed E-state index contributed by atoms with van der Waals surface area (Å²) in [6.45, 7) is 17.0. The minimum absolute atomic E-state index is 0.111. The van der Waals surface area contributed by atoms with Crippen LogP contribution in [0.2, 0.25) is 15.1 Å². The van der Waals surface area contributed by atoms with E-state index in [1.807, 2.05) is 96.7 Å². The molecule has 0 heterocycles. The zero-order valence-electron chi connectivity index (χ0n) is 57.4. The molecule has 0 spiro atoms. The first-order valence-corrected chi connectivity index (χ1v) is 37.0. The molecular weight excluding hydrogens is 1510 g/mol. The predicted octanol–water partition coefficient (Wildman–Crippen LogP) is 25.0. The average Bonchev–Trinajstić information content (AvgIpc) is 0.828. The Hall–Kier alpha value is -7.15. The van der Waals surface area contributed by atoms with Gasteiger partial charge in [0.1, 0.15) is 28.7 Å². The van der Waals surface area contributed by atoms with Crippen LogP contribution in [0, 0.1) is 55.4 Å². The van der Waals surface area contributed by atoms with Crippen molar-refractivity contribution in [1.82, 2.24) is 0 Å². The number of ether oxygens (including phenoxy) is 3. The van der Waals surface area contributed by atoms with Crippen LogP contribution in [0.5, 0.6) is 28.7 Å². The van der Waals surface area contributed by atoms with Gasteiger partial charge < -0.3 is 34.5 Å². The first kappa shape index (κ1) is 81.8. The molecule has 0 atom stereocenters. The summed E-state index contributed by atoms with van der Waals surface area (Å²) in [5.74, 6) is 2.74. The van der Waals surface area contributed by atoms with Crippen LogP contribution >= 0.6 is 115 Å². The second kappa shape index (κ2) is 42.3. The van der Waals surface area contributed by atoms with Crippen LogP contribution in [-0.4, -0.2) is 48.7 Å². The Balaban J connectivity index is 0.000000191. The molecule has 0 aliphatic carbocycles. The van der Waals surface area contributed by atoms with Crippen molar-refractivity contribution in [2.24, 2.45) is 0 Å². The molecule has 100 heavy (non-hydrogen) atoms. The molecule has 4 N–H and O–H groups in total. The van der Waals surface area contributed by atoms with Gasteiger partial charge in [-0.15, -0.1) is 12.6 Å². The molecule has 12 aromatic rings. The normalized spacial score (nSPS) is 10.2. The Labute approximate surface area is 641 Å². The summed E-state index contributed by atoms with van der Waals surface area (Å²) in [6, 6.07) is 82.8. The lowest BCUT2D eigenvalue weighted by Crippen LogP contribution is -2.29. The largest absolute Gasteiger partial charge is 0.507 e. The summed E-state index contributed by atoms with van der Waals surface area (Å²) in [6.07, 6.45) is 0. The fourth-order valence-electron chi connectivity index (χ4n) is 9.52. The van der Waals surface area contributed by atoms with E-state index in [1.165, 1.54) is 75.7 Å². The Morgan fingerprint density at radius 1 is 0.340 bits per heavy atom. The first-order chi connectivity index (χ1) is 47.9. The second-order valence-electron chi connectivity index (χ2n) is 22.4. The number of halogens is 5. The van der Waals surface area contributed by atoms with Crippen molar-refractivity contribution in [1.29, 1.82) is 0 Å². The monoisotopic (exact) mass is 1590 g/mol. The summed E-state index contributed by atoms with van der Waals surface area (Å²) in [5.41, 5.74) is 15.0. The molecule has 7 nitrogen and oxygen atoms in total. The van der Waals surface area contributed by atoms with Gasteiger partial charge in [0, 0.05) is 54.3 Å². The Kier molecular flexibility index (Phi) is 34.6. The maximum Gasteiger partial charge on any atom is 0.488 e. The average molecular weight is 1590 g/mol. The Morgan fingerprint density at radius 3 is 1.02 bits per heavy atom. The standard InChI is InChI=1S/C21H20OS.C20H18OS.C15H15ClOS.C8H10S.C7H6BrClO.C6H7BO2.C6H4BrClO/c1-15-8-7-9-16(2)21(15)23-18-12-13-20(22-3)19(14-18)17-10-5-4-6-11-17;1-14-7-6-8-15(2)20(14)22-17-11-12-19(21)18(13-17)16-9-4-3-5-10-16;1-10-5-4-6-11(2)15(10)18-12-7-8-14(17-3)13(16)9-12;1-6-4-3-5-7(2)8(6)9;1-10-7-3-2-5(8)4-6(7)9;8-7(9)6-4-2-1-3-5-6;7-4-1-2-6(9)5(8)3-4/h4-14H,1-3H3;3-13,21H,1-2H3;4-9H,1-3H3;3-5,9H,1-2H3;2-4H,1H3;1-5,8-9H;1-3,9H. The lowest BCUT2D eigenvalue weighted by molar-refractivity contribution is 0.414. The molecule has 0 aliphatic rings. The molecule has 17 heteroatoms. The number of rotatable bonds is 12. The van der Waals surface area contributed by atoms with Gasteiger partial charge in [0.25, 0.3) is 0 Å². The van der Waals surface area contributed by atoms with Crippen LogP contribution in [-0.2, 0) is 0 Å². The number of phenolic OH excluding ortho intramolecular Hbond substituents is 2. The molecule has 0 aliphatic heterocycles. The van der Waals surface area contributed by atoms with Gasteiger partial charge in [-0.1, -0.05) is 266 Å². The molecule has 0 unspecified atom stereocenters. The van der Waals surface area contributed by atoms with E-state index in [1.54, 1.807) is 93.4 Å². The van der Waals surface area contributed by atoms with E-state index >= 15 is 0 Å². The van der Waals surface area contributed by atoms with Crippen LogP contribution in [0.1, 0.15) is 44.5 Å². The molecule has 0 saturated heterocycles. The highest BCUT2D eigenvalue weighted by molar-refractivity contribution is 9.10. The van der Waals surface area contributed by atoms with E-state index in [0.717, 1.165) is 46.1 Å². The van der Waals surface area contributed by atoms with Crippen LogP contribution in [0.15, 0.2) is 298 Å². The fourth-order valence-corrected chi connectivity index (χ4v) is 14.4. The third-order valence-corrected chi connectivity index (χ3v) is 21.5. The van der Waals surface area contributed by atoms with Gasteiger partial charge in [0.05, 0.1) is 36.4 Å². The van der Waals surface area contributed by atoms with Crippen molar-refractivity contribution in [3.8, 4) is 51.0 Å². The SMILES string of the molecule is COc1ccc(Br)cc1Cl.COc1ccc(Sc2c(C)cccc2C)cc1-c1ccccc1.COc1ccc(Sc2c(C)cccc2C)cc1Cl.Cc1cccc(C)c1S.Cc1cccc(C)c1Sc1ccc(O)c(-c2ccccc2)c1.OB(O)c1ccccc1.Oc1ccc(Br)cc1Cl. The quantitative estimate of drug-likeness (QED) is 0.0599. The summed E-state index contributed by atoms with van der Waals surface area (Å²) in [4.78, 5) is 8.49. The summed E-state index contributed by atoms with van der Waals surface area (Å²) in [5, 5.41) is 37.8. The maximum absolute atomic E-state index is 10.2. The topological polar surface area (TPSA) is 109 Å². The Morgan fingerprint density at radius 2 is 0.660 bits per heavy atom. The highest BCUT2D eigenvalue weighted by Crippen LogP contribution is 2.41. The van der Waals surface area contributed by atoms with E-state index in [0.29, 0.717) is 37.8 Å². The van der Waals surface area contributed by atoms with E-state index in [4.69, 9.17) is 64.2 Å². The summed E-state index contributed by atoms with van der Waals surface area (Å²) < 4.78 is 17.5. The second-order valence-corrected chi connectivity index (χ2v) is 29.2. The lowest BCUT2D eigenvalue weighted by Gasteiger charge is -2.13. The van der Waals surface area contributed by atoms with Gasteiger partial charge in [0.2, 0.25) is 0 Å². The number of hydrogen-bond acceptors (Lipinski definition) is 11. The number of benzene rings is 12. The van der Waals surface area contributed by atoms with Crippen LogP contribution in [0.25, 0.3) is 22.3 Å². The third-order valence-electron chi connectivity index (χ3n) is 14.9. The predicted molar refractivity (Wildman–Crippen MR) is 436 cm³/mol. The van der Waals surface area contributed by atoms with Crippen LogP contribution in [0.4, 0.5) is 0 Å². The third kappa shape index (κ3) is 26.0. The summed E-state index contributed by atoms with van der Waals surface area (Å²) in [7, 11) is 3.60. The van der Waals surface area contributed by atoms with Crippen LogP contribution in [0.3, 0.4) is 0 Å². The van der Waals surface area contributed by atoms with E-state index in [9.17, 15) is 5.11 Å². The number of aromatic hydroxyl groups is 2. The lowest BCUT2D eigenvalue weighted by atomic mass is 9.81. The molecule has 0 fully saturated rings. The minimum atomic E-state index is -1.34. The maximum atomic E-state index is 10.2. The fraction of sp³-hybridized carbons (Fsp3) is 0.133. The van der Waals surface area contributed by atoms with Crippen molar-refractivity contribution >= 4 is 127 Å². The number of thiol groups is 1. The molecule has 0 bridgehead atoms. The number of aryl methyl sites for hydroxylation is 8. The van der Waals surface area contributed by atoms with Gasteiger partial charge >= 0.3 is 7.12 Å². The molecular formula is C83H80BBr2Cl3O7S4. The zero-order chi connectivity index (χ0) is 72.8. The van der Waals surface area contributed by atoms with Crippen molar-refractivity contribution in [3.63, 3.8) is 0 Å². The van der Waals surface area contributed by atoms with Gasteiger partial charge in [0.15, 0.2) is 0 Å². The molecule has 0 saturated carbocycles. The number of methoxy groups -OCH3 is 3. The molecule has 0 radical (unpaired) electrons. The number of hydrogen-bond donors (Lipinski definition) is 5. The van der Waals surface area contributed by atoms with Crippen molar-refractivity contribution in [2.75, 3.05) is 21.3 Å². The molecule has 12 aromatic carbocycles. The number of phenols is 2. The molecule has 0 aromatic heterocycles. The van der Waals surface area contributed by atoms with Crippen molar-refractivity contribution in [3.05, 3.63) is 323 Å². The first-order valence-electron chi connectivity index (χ1n) is 31.4. The minimum Gasteiger partial charge on any atom is -0.507 e. The van der Waals surface area contributed by atoms with Crippen LogP contribution < -0.4 is 19.7 Å². The van der Waals surface area contributed by atoms with Gasteiger partial charge in [-0.05, 0) is 207 Å². The highest BCUT2D eigenvalue weighted by Gasteiger charge is 2.13. The molecule has 12 rings (SSSR count). The zero-order valence-corrected chi connectivity index (χ0v) is 66.2. The van der Waals surface area contributed by atoms with Gasteiger partial charge in [-0.3, -0.25) is 0 Å². The Bertz CT molecular complexity index is 4480. The van der Waals surface area contributed by atoms with Gasteiger partial charge in [-0.2, -0.15) is 0 Å². The summed E-state index contributed by atoms with van der Waals surface area (Å²) >= 11 is 33.5. The van der Waals surface area contributed by atoms with E-state index in [-0.39, 0.29) is 5.75 Å². The van der Waals surface area contributed by atoms with Crippen molar-refractivity contribution < 1.29 is 34.5 Å². The van der Waals surface area contributed by atoms with E-state index < -0.39 is 7.12 Å². The molecule has 0 amide bonds. The molecule has 516 valence electrons. The smallest absolute Gasteiger partial charge is 0.488 e.